The highest BCUT2D eigenvalue weighted by atomic mass is 79.9. The van der Waals surface area contributed by atoms with Gasteiger partial charge in [-0.25, -0.2) is 0 Å². The van der Waals surface area contributed by atoms with E-state index in [1.54, 1.807) is 18.2 Å². The minimum Gasteiger partial charge on any atom is -0.486 e. The van der Waals surface area contributed by atoms with E-state index in [4.69, 9.17) is 13.9 Å². The van der Waals surface area contributed by atoms with Crippen LogP contribution in [0, 0.1) is 0 Å². The molecule has 0 saturated heterocycles. The van der Waals surface area contributed by atoms with Gasteiger partial charge in [0.15, 0.2) is 11.5 Å². The van der Waals surface area contributed by atoms with Gasteiger partial charge < -0.3 is 13.9 Å². The predicted octanol–water partition coefficient (Wildman–Crippen LogP) is 3.45. The molecule has 0 radical (unpaired) electrons. The molecule has 1 amide bonds. The van der Waals surface area contributed by atoms with Gasteiger partial charge in [0.05, 0.1) is 12.0 Å². The minimum absolute atomic E-state index is 0.0540. The van der Waals surface area contributed by atoms with Crippen molar-refractivity contribution in [1.29, 1.82) is 0 Å². The SMILES string of the molecule is O=C(Nc1nnc(Cc2ccc3c(c2)OCCO3)o1)c1ccccc1Br. The molecule has 0 saturated carbocycles. The maximum atomic E-state index is 12.3. The molecule has 1 aliphatic heterocycles. The van der Waals surface area contributed by atoms with E-state index in [0.717, 1.165) is 11.3 Å². The number of halogens is 1. The van der Waals surface area contributed by atoms with Crippen molar-refractivity contribution in [3.05, 3.63) is 64.0 Å². The lowest BCUT2D eigenvalue weighted by Crippen LogP contribution is -2.15. The number of nitrogens with one attached hydrogen (secondary N) is 1. The maximum Gasteiger partial charge on any atom is 0.322 e. The van der Waals surface area contributed by atoms with E-state index in [1.807, 2.05) is 24.3 Å². The minimum atomic E-state index is -0.327. The zero-order valence-electron chi connectivity index (χ0n) is 13.6. The number of amides is 1. The highest BCUT2D eigenvalue weighted by molar-refractivity contribution is 9.10. The van der Waals surface area contributed by atoms with E-state index < -0.39 is 0 Å². The molecule has 2 aromatic carbocycles. The van der Waals surface area contributed by atoms with Crippen molar-refractivity contribution in [2.24, 2.45) is 0 Å². The number of aromatic nitrogens is 2. The number of rotatable bonds is 4. The molecule has 0 unspecified atom stereocenters. The number of anilines is 1. The Morgan fingerprint density at radius 3 is 2.73 bits per heavy atom. The van der Waals surface area contributed by atoms with Crippen LogP contribution in [0.15, 0.2) is 51.4 Å². The Bertz CT molecular complexity index is 957. The molecule has 2 heterocycles. The molecule has 26 heavy (non-hydrogen) atoms. The summed E-state index contributed by atoms with van der Waals surface area (Å²) in [6, 6.07) is 12.8. The van der Waals surface area contributed by atoms with Crippen LogP contribution >= 0.6 is 15.9 Å². The second kappa shape index (κ2) is 7.17. The summed E-state index contributed by atoms with van der Waals surface area (Å²) in [7, 11) is 0. The van der Waals surface area contributed by atoms with Crippen LogP contribution in [-0.2, 0) is 6.42 Å². The Morgan fingerprint density at radius 1 is 1.08 bits per heavy atom. The lowest BCUT2D eigenvalue weighted by molar-refractivity contribution is 0.102. The number of nitrogens with zero attached hydrogens (tertiary/aromatic N) is 2. The third-order valence-electron chi connectivity index (χ3n) is 3.77. The second-order valence-corrected chi connectivity index (χ2v) is 6.44. The third-order valence-corrected chi connectivity index (χ3v) is 4.46. The van der Waals surface area contributed by atoms with Gasteiger partial charge in [0.1, 0.15) is 13.2 Å². The van der Waals surface area contributed by atoms with Gasteiger partial charge in [-0.05, 0) is 45.8 Å². The summed E-state index contributed by atoms with van der Waals surface area (Å²) in [5, 5.41) is 10.5. The Hall–Kier alpha value is -2.87. The maximum absolute atomic E-state index is 12.3. The van der Waals surface area contributed by atoms with Gasteiger partial charge in [0.2, 0.25) is 5.89 Å². The fourth-order valence-electron chi connectivity index (χ4n) is 2.56. The number of carbonyl (C=O) groups is 1. The Kier molecular flexibility index (Phi) is 4.57. The normalized spacial score (nSPS) is 12.7. The van der Waals surface area contributed by atoms with E-state index in [1.165, 1.54) is 0 Å². The van der Waals surface area contributed by atoms with Crippen molar-refractivity contribution in [3.63, 3.8) is 0 Å². The molecule has 0 bridgehead atoms. The van der Waals surface area contributed by atoms with E-state index in [2.05, 4.69) is 31.4 Å². The van der Waals surface area contributed by atoms with Gasteiger partial charge in [-0.15, -0.1) is 5.10 Å². The molecule has 1 aliphatic rings. The van der Waals surface area contributed by atoms with Gasteiger partial charge in [-0.2, -0.15) is 0 Å². The summed E-state index contributed by atoms with van der Waals surface area (Å²) in [5.74, 6) is 1.50. The first-order chi connectivity index (χ1) is 12.7. The average molecular weight is 416 g/mol. The quantitative estimate of drug-likeness (QED) is 0.701. The molecule has 0 spiro atoms. The smallest absolute Gasteiger partial charge is 0.322 e. The highest BCUT2D eigenvalue weighted by Crippen LogP contribution is 2.31. The standard InChI is InChI=1S/C18H14BrN3O4/c19-13-4-2-1-3-12(13)17(23)20-18-22-21-16(26-18)10-11-5-6-14-15(9-11)25-8-7-24-14/h1-6,9H,7-8,10H2,(H,20,22,23). The van der Waals surface area contributed by atoms with Crippen molar-refractivity contribution in [2.45, 2.75) is 6.42 Å². The number of ether oxygens (including phenoxy) is 2. The highest BCUT2D eigenvalue weighted by Gasteiger charge is 2.16. The van der Waals surface area contributed by atoms with Crippen LogP contribution in [0.3, 0.4) is 0 Å². The van der Waals surface area contributed by atoms with Crippen molar-refractivity contribution in [2.75, 3.05) is 18.5 Å². The second-order valence-electron chi connectivity index (χ2n) is 5.59. The summed E-state index contributed by atoms with van der Waals surface area (Å²) in [5.41, 5.74) is 1.43. The number of carbonyl (C=O) groups excluding carboxylic acids is 1. The molecule has 4 rings (SSSR count). The van der Waals surface area contributed by atoms with Gasteiger partial charge >= 0.3 is 6.01 Å². The van der Waals surface area contributed by atoms with Gasteiger partial charge in [0.25, 0.3) is 5.91 Å². The average Bonchev–Trinajstić information content (AvgIpc) is 3.08. The summed E-state index contributed by atoms with van der Waals surface area (Å²) in [6.45, 7) is 1.08. The number of fused-ring (bicyclic) bond motifs is 1. The summed E-state index contributed by atoms with van der Waals surface area (Å²) >= 11 is 3.34. The molecule has 8 heteroatoms. The lowest BCUT2D eigenvalue weighted by Gasteiger charge is -2.18. The zero-order valence-corrected chi connectivity index (χ0v) is 15.2. The predicted molar refractivity (Wildman–Crippen MR) is 96.6 cm³/mol. The number of hydrogen-bond acceptors (Lipinski definition) is 6. The third kappa shape index (κ3) is 3.55. The Morgan fingerprint density at radius 2 is 1.88 bits per heavy atom. The van der Waals surface area contributed by atoms with Crippen LogP contribution in [0.1, 0.15) is 21.8 Å². The Labute approximate surface area is 157 Å². The molecule has 0 fully saturated rings. The van der Waals surface area contributed by atoms with Crippen LogP contribution in [-0.4, -0.2) is 29.3 Å². The van der Waals surface area contributed by atoms with Crippen LogP contribution in [0.25, 0.3) is 0 Å². The number of benzene rings is 2. The van der Waals surface area contributed by atoms with Crippen molar-refractivity contribution in [1.82, 2.24) is 10.2 Å². The Balaban J connectivity index is 1.45. The van der Waals surface area contributed by atoms with E-state index >= 15 is 0 Å². The van der Waals surface area contributed by atoms with Gasteiger partial charge in [0, 0.05) is 4.47 Å². The van der Waals surface area contributed by atoms with Crippen LogP contribution in [0.5, 0.6) is 11.5 Å². The van der Waals surface area contributed by atoms with Gasteiger partial charge in [-0.3, -0.25) is 10.1 Å². The van der Waals surface area contributed by atoms with Crippen LogP contribution < -0.4 is 14.8 Å². The van der Waals surface area contributed by atoms with E-state index in [-0.39, 0.29) is 11.9 Å². The fraction of sp³-hybridized carbons (Fsp3) is 0.167. The van der Waals surface area contributed by atoms with E-state index in [0.29, 0.717) is 41.3 Å². The lowest BCUT2D eigenvalue weighted by atomic mass is 10.1. The topological polar surface area (TPSA) is 86.5 Å². The number of hydrogen-bond donors (Lipinski definition) is 1. The van der Waals surface area contributed by atoms with Crippen LogP contribution in [0.2, 0.25) is 0 Å². The molecule has 3 aromatic rings. The molecule has 1 aromatic heterocycles. The molecule has 1 N–H and O–H groups in total. The molecule has 0 aliphatic carbocycles. The molecule has 7 nitrogen and oxygen atoms in total. The van der Waals surface area contributed by atoms with Gasteiger partial charge in [-0.1, -0.05) is 23.3 Å². The van der Waals surface area contributed by atoms with Crippen molar-refractivity contribution >= 4 is 27.9 Å². The first-order valence-electron chi connectivity index (χ1n) is 7.96. The monoisotopic (exact) mass is 415 g/mol. The van der Waals surface area contributed by atoms with Crippen LogP contribution in [0.4, 0.5) is 6.01 Å². The summed E-state index contributed by atoms with van der Waals surface area (Å²) in [4.78, 5) is 12.3. The summed E-state index contributed by atoms with van der Waals surface area (Å²) in [6.07, 6.45) is 0.425. The largest absolute Gasteiger partial charge is 0.486 e. The summed E-state index contributed by atoms with van der Waals surface area (Å²) < 4.78 is 17.3. The first kappa shape index (κ1) is 16.6. The molecule has 132 valence electrons. The van der Waals surface area contributed by atoms with Crippen molar-refractivity contribution in [3.8, 4) is 11.5 Å². The fourth-order valence-corrected chi connectivity index (χ4v) is 3.02. The molecule has 0 atom stereocenters. The van der Waals surface area contributed by atoms with E-state index in [9.17, 15) is 4.79 Å². The first-order valence-corrected chi connectivity index (χ1v) is 8.75. The zero-order chi connectivity index (χ0) is 17.9. The van der Waals surface area contributed by atoms with Crippen molar-refractivity contribution < 1.29 is 18.7 Å². The molecular weight excluding hydrogens is 402 g/mol. The molecular formula is C18H14BrN3O4.